The summed E-state index contributed by atoms with van der Waals surface area (Å²) in [5, 5.41) is 17.3. The van der Waals surface area contributed by atoms with E-state index in [4.69, 9.17) is 22.6 Å². The fourth-order valence-electron chi connectivity index (χ4n) is 2.15. The lowest BCUT2D eigenvalue weighted by Gasteiger charge is -2.18. The summed E-state index contributed by atoms with van der Waals surface area (Å²) in [5.41, 5.74) is 2.01. The second kappa shape index (κ2) is 7.95. The van der Waals surface area contributed by atoms with E-state index in [1.165, 1.54) is 4.90 Å². The first-order chi connectivity index (χ1) is 11.4. The molecule has 1 aromatic rings. The highest BCUT2D eigenvalue weighted by atomic mass is 32.2. The molecule has 0 spiro atoms. The number of benzene rings is 1. The number of hydrogen-bond acceptors (Lipinski definition) is 6. The summed E-state index contributed by atoms with van der Waals surface area (Å²) in [7, 11) is 1.90. The van der Waals surface area contributed by atoms with Gasteiger partial charge in [-0.25, -0.2) is 0 Å². The van der Waals surface area contributed by atoms with Crippen molar-refractivity contribution in [1.82, 2.24) is 4.90 Å². The van der Waals surface area contributed by atoms with Gasteiger partial charge in [0.15, 0.2) is 0 Å². The predicted octanol–water partition coefficient (Wildman–Crippen LogP) is 2.32. The molecule has 0 amide bonds. The predicted molar refractivity (Wildman–Crippen MR) is 97.5 cm³/mol. The summed E-state index contributed by atoms with van der Waals surface area (Å²) in [5.74, 6) is -1.05. The van der Waals surface area contributed by atoms with Crippen LogP contribution in [0.25, 0.3) is 6.08 Å². The molecule has 8 heteroatoms. The molecule has 0 saturated carbocycles. The quantitative estimate of drug-likeness (QED) is 0.610. The molecule has 1 aliphatic rings. The van der Waals surface area contributed by atoms with Crippen molar-refractivity contribution in [3.63, 3.8) is 0 Å². The lowest BCUT2D eigenvalue weighted by atomic mass is 10.1. The van der Waals surface area contributed by atoms with Crippen LogP contribution >= 0.6 is 24.0 Å². The van der Waals surface area contributed by atoms with Crippen LogP contribution in [-0.2, 0) is 9.59 Å². The van der Waals surface area contributed by atoms with Crippen LogP contribution in [0.5, 0.6) is 0 Å². The molecular weight excluding hydrogens is 346 g/mol. The Kier molecular flexibility index (Phi) is 5.95. The van der Waals surface area contributed by atoms with Crippen molar-refractivity contribution in [2.45, 2.75) is 6.42 Å². The molecule has 24 heavy (non-hydrogen) atoms. The Labute approximate surface area is 149 Å². The number of nitrogens with zero attached hydrogens (tertiary/aromatic N) is 3. The van der Waals surface area contributed by atoms with Crippen molar-refractivity contribution in [2.75, 3.05) is 25.0 Å². The van der Waals surface area contributed by atoms with Crippen LogP contribution in [0.1, 0.15) is 12.0 Å². The standard InChI is InChI=1S/C16H15N3O3S2/c1-18(8-2-7-17)12-5-3-11(4-6-12)9-13-15(22)24-16(23)19(13)10-14(20)21/h3-6,9H,2,8,10H2,1H3,(H,20,21)/b13-9+. The van der Waals surface area contributed by atoms with E-state index in [2.05, 4.69) is 6.07 Å². The first-order valence-corrected chi connectivity index (χ1v) is 8.30. The molecule has 2 rings (SSSR count). The molecule has 1 aliphatic heterocycles. The minimum absolute atomic E-state index is 0.251. The van der Waals surface area contributed by atoms with Crippen molar-refractivity contribution >= 4 is 51.1 Å². The Morgan fingerprint density at radius 3 is 2.71 bits per heavy atom. The highest BCUT2D eigenvalue weighted by Crippen LogP contribution is 2.30. The summed E-state index contributed by atoms with van der Waals surface area (Å²) in [4.78, 5) is 26.2. The van der Waals surface area contributed by atoms with E-state index in [9.17, 15) is 9.59 Å². The van der Waals surface area contributed by atoms with Gasteiger partial charge in [0.1, 0.15) is 10.9 Å². The topological polar surface area (TPSA) is 84.6 Å². The third-order valence-electron chi connectivity index (χ3n) is 3.39. The minimum atomic E-state index is -1.05. The number of rotatable bonds is 6. The third-order valence-corrected chi connectivity index (χ3v) is 4.65. The summed E-state index contributed by atoms with van der Waals surface area (Å²) in [6.45, 7) is 0.297. The number of carboxylic acids is 1. The van der Waals surface area contributed by atoms with Crippen LogP contribution in [0.15, 0.2) is 30.0 Å². The maximum atomic E-state index is 12.0. The normalized spacial score (nSPS) is 15.7. The summed E-state index contributed by atoms with van der Waals surface area (Å²) in [6, 6.07) is 9.54. The molecule has 1 heterocycles. The third kappa shape index (κ3) is 4.34. The van der Waals surface area contributed by atoms with E-state index >= 15 is 0 Å². The van der Waals surface area contributed by atoms with Crippen molar-refractivity contribution in [3.8, 4) is 6.07 Å². The smallest absolute Gasteiger partial charge is 0.323 e. The van der Waals surface area contributed by atoms with Gasteiger partial charge in [-0.2, -0.15) is 5.26 Å². The summed E-state index contributed by atoms with van der Waals surface area (Å²) >= 11 is 5.92. The molecule has 1 fully saturated rings. The SMILES string of the molecule is CN(CCC#N)c1ccc(/C=C2\C(=O)SC(=S)N2CC(=O)O)cc1. The maximum Gasteiger partial charge on any atom is 0.323 e. The average molecular weight is 361 g/mol. The molecule has 0 atom stereocenters. The molecule has 0 aliphatic carbocycles. The number of carbonyl (C=O) groups is 2. The Morgan fingerprint density at radius 2 is 2.12 bits per heavy atom. The van der Waals surface area contributed by atoms with E-state index in [1.807, 2.05) is 36.2 Å². The van der Waals surface area contributed by atoms with Crippen molar-refractivity contribution in [1.29, 1.82) is 5.26 Å². The minimum Gasteiger partial charge on any atom is -0.480 e. The zero-order chi connectivity index (χ0) is 17.7. The maximum absolute atomic E-state index is 12.0. The number of aliphatic carboxylic acids is 1. The van der Waals surface area contributed by atoms with Gasteiger partial charge in [-0.15, -0.1) is 0 Å². The van der Waals surface area contributed by atoms with Crippen LogP contribution < -0.4 is 4.90 Å². The lowest BCUT2D eigenvalue weighted by molar-refractivity contribution is -0.137. The fourth-order valence-corrected chi connectivity index (χ4v) is 3.24. The molecule has 0 bridgehead atoms. The van der Waals surface area contributed by atoms with E-state index in [1.54, 1.807) is 6.08 Å². The first-order valence-electron chi connectivity index (χ1n) is 7.07. The zero-order valence-electron chi connectivity index (χ0n) is 12.9. The first kappa shape index (κ1) is 18.0. The molecule has 0 radical (unpaired) electrons. The van der Waals surface area contributed by atoms with Crippen molar-refractivity contribution in [3.05, 3.63) is 35.5 Å². The number of hydrogen-bond donors (Lipinski definition) is 1. The van der Waals surface area contributed by atoms with Crippen molar-refractivity contribution < 1.29 is 14.7 Å². The highest BCUT2D eigenvalue weighted by molar-refractivity contribution is 8.33. The lowest BCUT2D eigenvalue weighted by Crippen LogP contribution is -2.28. The van der Waals surface area contributed by atoms with Gasteiger partial charge in [-0.05, 0) is 35.5 Å². The average Bonchev–Trinajstić information content (AvgIpc) is 2.80. The van der Waals surface area contributed by atoms with Crippen LogP contribution in [0.3, 0.4) is 0 Å². The van der Waals surface area contributed by atoms with Gasteiger partial charge in [-0.1, -0.05) is 24.4 Å². The van der Waals surface area contributed by atoms with Gasteiger partial charge in [0.2, 0.25) is 5.12 Å². The van der Waals surface area contributed by atoms with E-state index < -0.39 is 5.97 Å². The molecule has 1 saturated heterocycles. The number of carbonyl (C=O) groups excluding carboxylic acids is 1. The Balaban J connectivity index is 2.20. The van der Waals surface area contributed by atoms with E-state index in [0.29, 0.717) is 13.0 Å². The summed E-state index contributed by atoms with van der Waals surface area (Å²) in [6.07, 6.45) is 2.08. The van der Waals surface area contributed by atoms with Crippen LogP contribution in [0, 0.1) is 11.3 Å². The Bertz CT molecular complexity index is 738. The Morgan fingerprint density at radius 1 is 1.46 bits per heavy atom. The number of thioether (sulfide) groups is 1. The summed E-state index contributed by atoms with van der Waals surface area (Å²) < 4.78 is 0.251. The van der Waals surface area contributed by atoms with E-state index in [0.717, 1.165) is 23.0 Å². The largest absolute Gasteiger partial charge is 0.480 e. The molecule has 1 aromatic carbocycles. The van der Waals surface area contributed by atoms with Crippen molar-refractivity contribution in [2.24, 2.45) is 0 Å². The number of nitriles is 1. The molecule has 0 unspecified atom stereocenters. The number of thiocarbonyl (C=S) groups is 1. The van der Waals surface area contributed by atoms with Crippen LogP contribution in [0.2, 0.25) is 0 Å². The van der Waals surface area contributed by atoms with Gasteiger partial charge in [0.25, 0.3) is 0 Å². The number of anilines is 1. The molecule has 0 aromatic heterocycles. The van der Waals surface area contributed by atoms with Gasteiger partial charge < -0.3 is 14.9 Å². The monoisotopic (exact) mass is 361 g/mol. The Hall–Kier alpha value is -2.37. The van der Waals surface area contributed by atoms with Gasteiger partial charge in [0, 0.05) is 19.3 Å². The zero-order valence-corrected chi connectivity index (χ0v) is 14.6. The van der Waals surface area contributed by atoms with E-state index in [-0.39, 0.29) is 21.7 Å². The molecule has 6 nitrogen and oxygen atoms in total. The van der Waals surface area contributed by atoms with Gasteiger partial charge >= 0.3 is 5.97 Å². The van der Waals surface area contributed by atoms with Crippen LogP contribution in [0.4, 0.5) is 5.69 Å². The van der Waals surface area contributed by atoms with Gasteiger partial charge in [0.05, 0.1) is 18.2 Å². The van der Waals surface area contributed by atoms with Crippen LogP contribution in [-0.4, -0.2) is 45.5 Å². The molecular formula is C16H15N3O3S2. The number of carboxylic acid groups (broad SMARTS) is 1. The molecule has 124 valence electrons. The second-order valence-electron chi connectivity index (χ2n) is 5.09. The highest BCUT2D eigenvalue weighted by Gasteiger charge is 2.32. The van der Waals surface area contributed by atoms with Gasteiger partial charge in [-0.3, -0.25) is 9.59 Å². The molecule has 1 N–H and O–H groups in total. The second-order valence-corrected chi connectivity index (χ2v) is 6.69. The fraction of sp³-hybridized carbons (Fsp3) is 0.250.